The van der Waals surface area contributed by atoms with Crippen LogP contribution in [0.5, 0.6) is 0 Å². The number of rotatable bonds is 5. The Balaban J connectivity index is 2.83. The molecule has 0 aliphatic carbocycles. The second-order valence-electron chi connectivity index (χ2n) is 4.08. The molecule has 20 heavy (non-hydrogen) atoms. The Hall–Kier alpha value is -2.70. The van der Waals surface area contributed by atoms with E-state index in [9.17, 15) is 14.4 Å². The molecule has 0 fully saturated rings. The second kappa shape index (κ2) is 7.03. The van der Waals surface area contributed by atoms with Crippen LogP contribution in [0, 0.1) is 0 Å². The molecule has 0 atom stereocenters. The van der Waals surface area contributed by atoms with Crippen LogP contribution in [0.2, 0.25) is 0 Å². The standard InChI is InChI=1S/C13H15N3O4/c1-16(2)10(17)8-15-13(20)12-9(4-3-7-14-12)5-6-11(18)19/h3-7H,8H2,1-2H3,(H,15,20)(H,18,19)/b6-5+. The van der Waals surface area contributed by atoms with Gasteiger partial charge in [0.15, 0.2) is 0 Å². The molecule has 1 rings (SSSR count). The molecule has 0 saturated carbocycles. The molecule has 106 valence electrons. The summed E-state index contributed by atoms with van der Waals surface area (Å²) in [6, 6.07) is 3.15. The minimum Gasteiger partial charge on any atom is -0.478 e. The van der Waals surface area contributed by atoms with Crippen molar-refractivity contribution in [2.75, 3.05) is 20.6 Å². The van der Waals surface area contributed by atoms with E-state index >= 15 is 0 Å². The zero-order valence-corrected chi connectivity index (χ0v) is 11.2. The van der Waals surface area contributed by atoms with Gasteiger partial charge in [-0.15, -0.1) is 0 Å². The fourth-order valence-corrected chi connectivity index (χ4v) is 1.30. The molecule has 7 heteroatoms. The molecule has 0 aliphatic rings. The van der Waals surface area contributed by atoms with Gasteiger partial charge in [-0.3, -0.25) is 14.6 Å². The summed E-state index contributed by atoms with van der Waals surface area (Å²) in [4.78, 5) is 39.0. The first-order valence-electron chi connectivity index (χ1n) is 5.76. The van der Waals surface area contributed by atoms with E-state index in [-0.39, 0.29) is 18.1 Å². The van der Waals surface area contributed by atoms with E-state index in [1.807, 2.05) is 0 Å². The number of carboxylic acid groups (broad SMARTS) is 1. The molecular weight excluding hydrogens is 262 g/mol. The molecule has 0 spiro atoms. The normalized spacial score (nSPS) is 10.3. The fraction of sp³-hybridized carbons (Fsp3) is 0.231. The van der Waals surface area contributed by atoms with Gasteiger partial charge in [0, 0.05) is 31.9 Å². The smallest absolute Gasteiger partial charge is 0.328 e. The first kappa shape index (κ1) is 15.4. The third-order valence-corrected chi connectivity index (χ3v) is 2.36. The van der Waals surface area contributed by atoms with Crippen LogP contribution in [0.4, 0.5) is 0 Å². The quantitative estimate of drug-likeness (QED) is 0.738. The summed E-state index contributed by atoms with van der Waals surface area (Å²) in [5.41, 5.74) is 0.432. The maximum absolute atomic E-state index is 11.9. The number of likely N-dealkylation sites (N-methyl/N-ethyl adjacent to an activating group) is 1. The SMILES string of the molecule is CN(C)C(=O)CNC(=O)c1ncccc1/C=C/C(=O)O. The number of nitrogens with one attached hydrogen (secondary N) is 1. The number of carbonyl (C=O) groups excluding carboxylic acids is 2. The number of pyridine rings is 1. The Morgan fingerprint density at radius 2 is 2.10 bits per heavy atom. The van der Waals surface area contributed by atoms with Gasteiger partial charge in [0.1, 0.15) is 5.69 Å². The summed E-state index contributed by atoms with van der Waals surface area (Å²) in [7, 11) is 3.16. The van der Waals surface area contributed by atoms with Crippen LogP contribution in [-0.4, -0.2) is 53.4 Å². The van der Waals surface area contributed by atoms with E-state index in [0.29, 0.717) is 5.56 Å². The number of hydrogen-bond acceptors (Lipinski definition) is 4. The van der Waals surface area contributed by atoms with Gasteiger partial charge in [0.25, 0.3) is 5.91 Å². The lowest BCUT2D eigenvalue weighted by Gasteiger charge is -2.11. The van der Waals surface area contributed by atoms with Crippen molar-refractivity contribution in [2.24, 2.45) is 0 Å². The van der Waals surface area contributed by atoms with Crippen LogP contribution in [0.15, 0.2) is 24.4 Å². The number of hydrogen-bond donors (Lipinski definition) is 2. The van der Waals surface area contributed by atoms with Gasteiger partial charge in [0.2, 0.25) is 5.91 Å². The van der Waals surface area contributed by atoms with Gasteiger partial charge in [0.05, 0.1) is 6.54 Å². The van der Waals surface area contributed by atoms with E-state index in [4.69, 9.17) is 5.11 Å². The van der Waals surface area contributed by atoms with Gasteiger partial charge in [-0.1, -0.05) is 6.07 Å². The number of nitrogens with zero attached hydrogens (tertiary/aromatic N) is 2. The highest BCUT2D eigenvalue weighted by molar-refractivity contribution is 5.98. The van der Waals surface area contributed by atoms with E-state index in [1.54, 1.807) is 26.2 Å². The van der Waals surface area contributed by atoms with E-state index in [2.05, 4.69) is 10.3 Å². The summed E-state index contributed by atoms with van der Waals surface area (Å²) in [6.45, 7) is -0.148. The molecular formula is C13H15N3O4. The topological polar surface area (TPSA) is 99.6 Å². The van der Waals surface area contributed by atoms with Crippen molar-refractivity contribution in [1.29, 1.82) is 0 Å². The molecule has 0 unspecified atom stereocenters. The molecule has 2 amide bonds. The lowest BCUT2D eigenvalue weighted by atomic mass is 10.1. The Morgan fingerprint density at radius 1 is 1.40 bits per heavy atom. The predicted octanol–water partition coefficient (Wildman–Crippen LogP) is -0.00260. The number of aliphatic carboxylic acids is 1. The Morgan fingerprint density at radius 3 is 2.70 bits per heavy atom. The summed E-state index contributed by atoms with van der Waals surface area (Å²) < 4.78 is 0. The monoisotopic (exact) mass is 277 g/mol. The highest BCUT2D eigenvalue weighted by atomic mass is 16.4. The minimum atomic E-state index is -1.12. The predicted molar refractivity (Wildman–Crippen MR) is 71.9 cm³/mol. The Labute approximate surface area is 115 Å². The lowest BCUT2D eigenvalue weighted by Crippen LogP contribution is -2.36. The van der Waals surface area contributed by atoms with Crippen LogP contribution in [0.3, 0.4) is 0 Å². The second-order valence-corrected chi connectivity index (χ2v) is 4.08. The minimum absolute atomic E-state index is 0.0663. The van der Waals surface area contributed by atoms with Crippen molar-refractivity contribution < 1.29 is 19.5 Å². The first-order valence-corrected chi connectivity index (χ1v) is 5.76. The number of amides is 2. The fourth-order valence-electron chi connectivity index (χ4n) is 1.30. The van der Waals surface area contributed by atoms with Gasteiger partial charge < -0.3 is 15.3 Å². The van der Waals surface area contributed by atoms with Gasteiger partial charge in [-0.2, -0.15) is 0 Å². The molecule has 2 N–H and O–H groups in total. The molecule has 1 heterocycles. The van der Waals surface area contributed by atoms with Crippen LogP contribution in [0.25, 0.3) is 6.08 Å². The van der Waals surface area contributed by atoms with Crippen LogP contribution >= 0.6 is 0 Å². The lowest BCUT2D eigenvalue weighted by molar-refractivity contribution is -0.131. The van der Waals surface area contributed by atoms with Gasteiger partial charge in [-0.25, -0.2) is 4.79 Å². The van der Waals surface area contributed by atoms with Crippen molar-refractivity contribution in [3.05, 3.63) is 35.7 Å². The summed E-state index contributed by atoms with van der Waals surface area (Å²) in [5, 5.41) is 11.0. The molecule has 1 aromatic heterocycles. The maximum atomic E-state index is 11.9. The largest absolute Gasteiger partial charge is 0.478 e. The average molecular weight is 277 g/mol. The number of carboxylic acids is 1. The number of carbonyl (C=O) groups is 3. The van der Waals surface area contributed by atoms with Crippen LogP contribution in [0.1, 0.15) is 16.1 Å². The third-order valence-electron chi connectivity index (χ3n) is 2.36. The summed E-state index contributed by atoms with van der Waals surface area (Å²) in [5.74, 6) is -1.91. The van der Waals surface area contributed by atoms with Crippen molar-refractivity contribution in [3.8, 4) is 0 Å². The van der Waals surface area contributed by atoms with Gasteiger partial charge >= 0.3 is 5.97 Å². The molecule has 0 aliphatic heterocycles. The summed E-state index contributed by atoms with van der Waals surface area (Å²) in [6.07, 6.45) is 3.61. The van der Waals surface area contributed by atoms with E-state index < -0.39 is 11.9 Å². The van der Waals surface area contributed by atoms with E-state index in [1.165, 1.54) is 17.2 Å². The molecule has 0 saturated heterocycles. The van der Waals surface area contributed by atoms with Gasteiger partial charge in [-0.05, 0) is 12.1 Å². The van der Waals surface area contributed by atoms with Crippen molar-refractivity contribution in [1.82, 2.24) is 15.2 Å². The average Bonchev–Trinajstić information content (AvgIpc) is 2.42. The Bertz CT molecular complexity index is 552. The highest BCUT2D eigenvalue weighted by Crippen LogP contribution is 2.07. The zero-order valence-electron chi connectivity index (χ0n) is 11.2. The number of aromatic nitrogens is 1. The molecule has 1 aromatic rings. The highest BCUT2D eigenvalue weighted by Gasteiger charge is 2.13. The van der Waals surface area contributed by atoms with Crippen molar-refractivity contribution >= 4 is 23.9 Å². The maximum Gasteiger partial charge on any atom is 0.328 e. The molecule has 0 aromatic carbocycles. The van der Waals surface area contributed by atoms with Crippen molar-refractivity contribution in [3.63, 3.8) is 0 Å². The molecule has 7 nitrogen and oxygen atoms in total. The summed E-state index contributed by atoms with van der Waals surface area (Å²) >= 11 is 0. The first-order chi connectivity index (χ1) is 9.41. The van der Waals surface area contributed by atoms with Crippen molar-refractivity contribution in [2.45, 2.75) is 0 Å². The van der Waals surface area contributed by atoms with Crippen LogP contribution < -0.4 is 5.32 Å². The molecule has 0 radical (unpaired) electrons. The Kier molecular flexibility index (Phi) is 5.40. The molecule has 0 bridgehead atoms. The third kappa shape index (κ3) is 4.52. The van der Waals surface area contributed by atoms with Crippen LogP contribution in [-0.2, 0) is 9.59 Å². The zero-order chi connectivity index (χ0) is 15.1. The van der Waals surface area contributed by atoms with E-state index in [0.717, 1.165) is 6.08 Å².